The Balaban J connectivity index is 1.85. The van der Waals surface area contributed by atoms with Crippen LogP contribution >= 0.6 is 11.3 Å². The number of hydrogen-bond acceptors (Lipinski definition) is 5. The van der Waals surface area contributed by atoms with Crippen LogP contribution in [0, 0.1) is 6.92 Å². The van der Waals surface area contributed by atoms with Gasteiger partial charge in [0.15, 0.2) is 4.96 Å². The molecule has 3 rings (SSSR count). The quantitative estimate of drug-likeness (QED) is 0.783. The van der Waals surface area contributed by atoms with E-state index in [1.54, 1.807) is 11.3 Å². The summed E-state index contributed by atoms with van der Waals surface area (Å²) in [4.78, 5) is 14.4. The first-order valence-electron chi connectivity index (χ1n) is 6.70. The molecule has 0 aromatic carbocycles. The Morgan fingerprint density at radius 1 is 1.40 bits per heavy atom. The summed E-state index contributed by atoms with van der Waals surface area (Å²) in [7, 11) is 0. The van der Waals surface area contributed by atoms with Gasteiger partial charge in [-0.3, -0.25) is 4.40 Å². The Hall–Kier alpha value is -1.79. The van der Waals surface area contributed by atoms with Gasteiger partial charge in [-0.2, -0.15) is 0 Å². The minimum Gasteiger partial charge on any atom is -0.309 e. The highest BCUT2D eigenvalue weighted by atomic mass is 32.1. The number of likely N-dealkylation sites (N-methyl/N-ethyl adjacent to an activating group) is 1. The molecule has 6 heteroatoms. The summed E-state index contributed by atoms with van der Waals surface area (Å²) in [6.07, 6.45) is 6.77. The number of thiazole rings is 1. The van der Waals surface area contributed by atoms with E-state index in [0.717, 1.165) is 35.1 Å². The van der Waals surface area contributed by atoms with Gasteiger partial charge in [-0.15, -0.1) is 11.3 Å². The summed E-state index contributed by atoms with van der Waals surface area (Å²) in [5.41, 5.74) is 2.11. The van der Waals surface area contributed by atoms with E-state index in [-0.39, 0.29) is 6.04 Å². The summed E-state index contributed by atoms with van der Waals surface area (Å²) >= 11 is 1.65. The third-order valence-corrected chi connectivity index (χ3v) is 3.93. The Morgan fingerprint density at radius 3 is 3.05 bits per heavy atom. The average molecular weight is 287 g/mol. The lowest BCUT2D eigenvalue weighted by Crippen LogP contribution is -2.24. The number of aryl methyl sites for hydroxylation is 1. The van der Waals surface area contributed by atoms with Crippen LogP contribution in [0.3, 0.4) is 0 Å². The number of nitrogens with zero attached hydrogens (tertiary/aromatic N) is 4. The maximum absolute atomic E-state index is 4.64. The van der Waals surface area contributed by atoms with Crippen LogP contribution in [-0.2, 0) is 6.42 Å². The molecule has 0 aliphatic heterocycles. The molecule has 3 heterocycles. The Labute approximate surface area is 121 Å². The number of hydrogen-bond donors (Lipinski definition) is 1. The Kier molecular flexibility index (Phi) is 3.75. The second-order valence-electron chi connectivity index (χ2n) is 4.67. The van der Waals surface area contributed by atoms with Crippen molar-refractivity contribution in [1.82, 2.24) is 24.7 Å². The van der Waals surface area contributed by atoms with Crippen LogP contribution < -0.4 is 5.32 Å². The molecular formula is C14H17N5S. The number of nitrogens with one attached hydrogen (secondary N) is 1. The van der Waals surface area contributed by atoms with Crippen molar-refractivity contribution >= 4 is 16.3 Å². The van der Waals surface area contributed by atoms with Gasteiger partial charge in [-0.1, -0.05) is 6.92 Å². The van der Waals surface area contributed by atoms with Crippen molar-refractivity contribution in [2.24, 2.45) is 0 Å². The van der Waals surface area contributed by atoms with Gasteiger partial charge in [0.25, 0.3) is 0 Å². The van der Waals surface area contributed by atoms with Crippen molar-refractivity contribution in [1.29, 1.82) is 0 Å². The lowest BCUT2D eigenvalue weighted by atomic mass is 10.1. The maximum atomic E-state index is 4.64. The van der Waals surface area contributed by atoms with E-state index < -0.39 is 0 Å². The van der Waals surface area contributed by atoms with E-state index in [1.165, 1.54) is 0 Å². The largest absolute Gasteiger partial charge is 0.309 e. The second kappa shape index (κ2) is 5.68. The first kappa shape index (κ1) is 13.2. The molecule has 0 saturated carbocycles. The molecule has 0 bridgehead atoms. The second-order valence-corrected chi connectivity index (χ2v) is 5.54. The fraction of sp³-hybridized carbons (Fsp3) is 0.357. The molecule has 1 N–H and O–H groups in total. The molecule has 3 aromatic rings. The first-order valence-corrected chi connectivity index (χ1v) is 7.58. The first-order chi connectivity index (χ1) is 9.76. The Morgan fingerprint density at radius 2 is 2.30 bits per heavy atom. The molecule has 0 saturated heterocycles. The summed E-state index contributed by atoms with van der Waals surface area (Å²) < 4.78 is 2.06. The van der Waals surface area contributed by atoms with Crippen molar-refractivity contribution in [3.63, 3.8) is 0 Å². The molecule has 20 heavy (non-hydrogen) atoms. The van der Waals surface area contributed by atoms with Crippen LogP contribution in [0.4, 0.5) is 0 Å². The van der Waals surface area contributed by atoms with E-state index in [2.05, 4.69) is 37.8 Å². The zero-order valence-electron chi connectivity index (χ0n) is 11.6. The monoisotopic (exact) mass is 287 g/mol. The van der Waals surface area contributed by atoms with E-state index in [1.807, 2.05) is 30.8 Å². The molecule has 5 nitrogen and oxygen atoms in total. The standard InChI is InChI=1S/C14H17N5S/c1-3-15-13(12-4-5-16-10(2)17-12)8-11-9-19-6-7-20-14(19)18-11/h4-7,9,13,15H,3,8H2,1-2H3. The van der Waals surface area contributed by atoms with Gasteiger partial charge in [-0.25, -0.2) is 15.0 Å². The number of fused-ring (bicyclic) bond motifs is 1. The molecule has 1 unspecified atom stereocenters. The number of aromatic nitrogens is 4. The molecular weight excluding hydrogens is 270 g/mol. The van der Waals surface area contributed by atoms with Crippen LogP contribution in [0.2, 0.25) is 0 Å². The number of rotatable bonds is 5. The van der Waals surface area contributed by atoms with Crippen LogP contribution in [0.1, 0.15) is 30.2 Å². The van der Waals surface area contributed by atoms with Crippen molar-refractivity contribution in [2.45, 2.75) is 26.3 Å². The molecule has 0 radical (unpaired) electrons. The van der Waals surface area contributed by atoms with Gasteiger partial charge in [0, 0.05) is 30.4 Å². The highest BCUT2D eigenvalue weighted by Crippen LogP contribution is 2.18. The van der Waals surface area contributed by atoms with Crippen molar-refractivity contribution in [2.75, 3.05) is 6.54 Å². The van der Waals surface area contributed by atoms with Gasteiger partial charge in [0.05, 0.1) is 17.4 Å². The van der Waals surface area contributed by atoms with Gasteiger partial charge in [0.2, 0.25) is 0 Å². The van der Waals surface area contributed by atoms with E-state index in [4.69, 9.17) is 0 Å². The SMILES string of the molecule is CCNC(Cc1cn2ccsc2n1)c1ccnc(C)n1. The lowest BCUT2D eigenvalue weighted by Gasteiger charge is -2.16. The summed E-state index contributed by atoms with van der Waals surface area (Å²) in [5.74, 6) is 0.802. The summed E-state index contributed by atoms with van der Waals surface area (Å²) in [6, 6.07) is 2.14. The molecule has 0 fully saturated rings. The minimum absolute atomic E-state index is 0.173. The molecule has 104 valence electrons. The van der Waals surface area contributed by atoms with E-state index in [9.17, 15) is 0 Å². The zero-order chi connectivity index (χ0) is 13.9. The molecule has 0 aliphatic rings. The van der Waals surface area contributed by atoms with Crippen LogP contribution in [0.15, 0.2) is 30.0 Å². The third-order valence-electron chi connectivity index (χ3n) is 3.16. The van der Waals surface area contributed by atoms with Crippen LogP contribution in [0.5, 0.6) is 0 Å². The fourth-order valence-corrected chi connectivity index (χ4v) is 3.00. The molecule has 0 amide bonds. The van der Waals surface area contributed by atoms with Crippen molar-refractivity contribution < 1.29 is 0 Å². The van der Waals surface area contributed by atoms with E-state index >= 15 is 0 Å². The predicted molar refractivity (Wildman–Crippen MR) is 80.0 cm³/mol. The minimum atomic E-state index is 0.173. The van der Waals surface area contributed by atoms with Crippen LogP contribution in [-0.4, -0.2) is 25.9 Å². The Bertz CT molecular complexity index is 674. The maximum Gasteiger partial charge on any atom is 0.193 e. The predicted octanol–water partition coefficient (Wildman–Crippen LogP) is 2.39. The summed E-state index contributed by atoms with van der Waals surface area (Å²) in [5, 5.41) is 5.52. The summed E-state index contributed by atoms with van der Waals surface area (Å²) in [6.45, 7) is 4.92. The van der Waals surface area contributed by atoms with Gasteiger partial charge in [-0.05, 0) is 19.5 Å². The lowest BCUT2D eigenvalue weighted by molar-refractivity contribution is 0.529. The van der Waals surface area contributed by atoms with Gasteiger partial charge < -0.3 is 5.32 Å². The molecule has 0 aliphatic carbocycles. The van der Waals surface area contributed by atoms with Crippen molar-refractivity contribution in [3.8, 4) is 0 Å². The number of imidazole rings is 1. The van der Waals surface area contributed by atoms with Gasteiger partial charge in [0.1, 0.15) is 5.82 Å². The fourth-order valence-electron chi connectivity index (χ4n) is 2.28. The highest BCUT2D eigenvalue weighted by Gasteiger charge is 2.15. The zero-order valence-corrected chi connectivity index (χ0v) is 12.4. The van der Waals surface area contributed by atoms with Gasteiger partial charge >= 0.3 is 0 Å². The smallest absolute Gasteiger partial charge is 0.193 e. The molecule has 1 atom stereocenters. The average Bonchev–Trinajstić information content (AvgIpc) is 2.99. The third kappa shape index (κ3) is 2.71. The van der Waals surface area contributed by atoms with Crippen molar-refractivity contribution in [3.05, 3.63) is 47.2 Å². The topological polar surface area (TPSA) is 55.1 Å². The van der Waals surface area contributed by atoms with Crippen LogP contribution in [0.25, 0.3) is 4.96 Å². The molecule has 0 spiro atoms. The highest BCUT2D eigenvalue weighted by molar-refractivity contribution is 7.15. The normalized spacial score (nSPS) is 12.9. The van der Waals surface area contributed by atoms with E-state index in [0.29, 0.717) is 0 Å². The molecule has 3 aromatic heterocycles.